The van der Waals surface area contributed by atoms with Gasteiger partial charge in [-0.3, -0.25) is 4.79 Å². The molecule has 0 saturated heterocycles. The summed E-state index contributed by atoms with van der Waals surface area (Å²) < 4.78 is 11.6. The lowest BCUT2D eigenvalue weighted by atomic mass is 10.0. The summed E-state index contributed by atoms with van der Waals surface area (Å²) in [6.07, 6.45) is 2.14. The molecular weight excluding hydrogens is 300 g/mol. The summed E-state index contributed by atoms with van der Waals surface area (Å²) in [6.45, 7) is 8.48. The Morgan fingerprint density at radius 1 is 0.958 bits per heavy atom. The minimum absolute atomic E-state index is 0.228. The second kappa shape index (κ2) is 8.53. The van der Waals surface area contributed by atoms with Gasteiger partial charge in [0.1, 0.15) is 18.1 Å². The van der Waals surface area contributed by atoms with E-state index in [4.69, 9.17) is 9.47 Å². The second-order valence-corrected chi connectivity index (χ2v) is 5.83. The van der Waals surface area contributed by atoms with Gasteiger partial charge in [-0.2, -0.15) is 0 Å². The first-order valence-corrected chi connectivity index (χ1v) is 8.62. The van der Waals surface area contributed by atoms with E-state index in [0.29, 0.717) is 18.8 Å². The molecule has 0 bridgehead atoms. The van der Waals surface area contributed by atoms with Crippen molar-refractivity contribution < 1.29 is 14.3 Å². The Hall–Kier alpha value is -2.29. The normalized spacial score (nSPS) is 10.5. The standard InChI is InChI=1S/C21H26O3/c1-5-16-9-8-10-20(24-21(22)7-3)18(16)14-23-19-12-11-15(4)13-17(19)6-2/h8-13H,5-7,14H2,1-4H3. The van der Waals surface area contributed by atoms with E-state index in [2.05, 4.69) is 39.0 Å². The van der Waals surface area contributed by atoms with E-state index in [1.165, 1.54) is 11.1 Å². The molecule has 0 saturated carbocycles. The summed E-state index contributed by atoms with van der Waals surface area (Å²) in [5, 5.41) is 0. The van der Waals surface area contributed by atoms with Crippen molar-refractivity contribution in [2.45, 2.75) is 53.6 Å². The quantitative estimate of drug-likeness (QED) is 0.530. The van der Waals surface area contributed by atoms with Crippen molar-refractivity contribution in [3.05, 3.63) is 58.7 Å². The zero-order valence-corrected chi connectivity index (χ0v) is 15.0. The first-order chi connectivity index (χ1) is 11.6. The van der Waals surface area contributed by atoms with Crippen LogP contribution in [-0.4, -0.2) is 5.97 Å². The van der Waals surface area contributed by atoms with Crippen molar-refractivity contribution >= 4 is 5.97 Å². The molecule has 0 fully saturated rings. The van der Waals surface area contributed by atoms with E-state index in [0.717, 1.165) is 29.7 Å². The number of rotatable bonds is 7. The average Bonchev–Trinajstić information content (AvgIpc) is 2.60. The van der Waals surface area contributed by atoms with Crippen LogP contribution in [0.15, 0.2) is 36.4 Å². The first kappa shape index (κ1) is 18.1. The van der Waals surface area contributed by atoms with Gasteiger partial charge in [-0.15, -0.1) is 0 Å². The van der Waals surface area contributed by atoms with Crippen molar-refractivity contribution in [2.75, 3.05) is 0 Å². The van der Waals surface area contributed by atoms with Crippen LogP contribution in [0, 0.1) is 6.92 Å². The Kier molecular flexibility index (Phi) is 6.42. The van der Waals surface area contributed by atoms with Crippen LogP contribution in [0.25, 0.3) is 0 Å². The van der Waals surface area contributed by atoms with Gasteiger partial charge >= 0.3 is 5.97 Å². The summed E-state index contributed by atoms with van der Waals surface area (Å²) in [6, 6.07) is 12.0. The summed E-state index contributed by atoms with van der Waals surface area (Å²) in [5.41, 5.74) is 4.51. The highest BCUT2D eigenvalue weighted by Crippen LogP contribution is 2.27. The van der Waals surface area contributed by atoms with Gasteiger partial charge in [0.05, 0.1) is 0 Å². The molecule has 0 N–H and O–H groups in total. The first-order valence-electron chi connectivity index (χ1n) is 8.62. The fraction of sp³-hybridized carbons (Fsp3) is 0.381. The monoisotopic (exact) mass is 326 g/mol. The molecule has 2 aromatic rings. The van der Waals surface area contributed by atoms with Crippen LogP contribution in [0.2, 0.25) is 0 Å². The van der Waals surface area contributed by atoms with Crippen LogP contribution in [-0.2, 0) is 24.2 Å². The van der Waals surface area contributed by atoms with Gasteiger partial charge in [-0.25, -0.2) is 0 Å². The van der Waals surface area contributed by atoms with Crippen molar-refractivity contribution in [1.29, 1.82) is 0 Å². The predicted octanol–water partition coefficient (Wildman–Crippen LogP) is 5.01. The number of ether oxygens (including phenoxy) is 2. The van der Waals surface area contributed by atoms with Crippen LogP contribution < -0.4 is 9.47 Å². The molecule has 0 aliphatic heterocycles. The maximum atomic E-state index is 11.7. The molecule has 3 nitrogen and oxygen atoms in total. The molecule has 2 rings (SSSR count). The van der Waals surface area contributed by atoms with Crippen molar-refractivity contribution in [3.63, 3.8) is 0 Å². The highest BCUT2D eigenvalue weighted by Gasteiger charge is 2.13. The maximum absolute atomic E-state index is 11.7. The lowest BCUT2D eigenvalue weighted by Gasteiger charge is -2.16. The van der Waals surface area contributed by atoms with Gasteiger partial charge in [0, 0.05) is 12.0 Å². The molecular formula is C21H26O3. The number of carbonyl (C=O) groups is 1. The Morgan fingerprint density at radius 2 is 1.71 bits per heavy atom. The summed E-state index contributed by atoms with van der Waals surface area (Å²) >= 11 is 0. The molecule has 24 heavy (non-hydrogen) atoms. The third-order valence-electron chi connectivity index (χ3n) is 4.09. The minimum Gasteiger partial charge on any atom is -0.488 e. The Bertz CT molecular complexity index is 704. The molecule has 3 heteroatoms. The highest BCUT2D eigenvalue weighted by atomic mass is 16.5. The van der Waals surface area contributed by atoms with Gasteiger partial charge in [0.25, 0.3) is 0 Å². The molecule has 0 aliphatic rings. The number of esters is 1. The lowest BCUT2D eigenvalue weighted by molar-refractivity contribution is -0.134. The molecule has 2 aromatic carbocycles. The number of carbonyl (C=O) groups excluding carboxylic acids is 1. The maximum Gasteiger partial charge on any atom is 0.310 e. The van der Waals surface area contributed by atoms with Crippen LogP contribution >= 0.6 is 0 Å². The van der Waals surface area contributed by atoms with Gasteiger partial charge in [0.2, 0.25) is 0 Å². The van der Waals surface area contributed by atoms with E-state index < -0.39 is 0 Å². The molecule has 0 amide bonds. The predicted molar refractivity (Wildman–Crippen MR) is 96.6 cm³/mol. The van der Waals surface area contributed by atoms with Gasteiger partial charge in [-0.1, -0.05) is 50.6 Å². The SMILES string of the molecule is CCC(=O)Oc1cccc(CC)c1COc1ccc(C)cc1CC. The van der Waals surface area contributed by atoms with E-state index in [-0.39, 0.29) is 5.97 Å². The molecule has 0 unspecified atom stereocenters. The number of hydrogen-bond acceptors (Lipinski definition) is 3. The van der Waals surface area contributed by atoms with Crippen LogP contribution in [0.4, 0.5) is 0 Å². The Morgan fingerprint density at radius 3 is 2.38 bits per heavy atom. The fourth-order valence-corrected chi connectivity index (χ4v) is 2.67. The largest absolute Gasteiger partial charge is 0.488 e. The van der Waals surface area contributed by atoms with E-state index in [1.54, 1.807) is 6.92 Å². The molecule has 0 radical (unpaired) electrons. The average molecular weight is 326 g/mol. The van der Waals surface area contributed by atoms with Gasteiger partial charge < -0.3 is 9.47 Å². The van der Waals surface area contributed by atoms with Crippen LogP contribution in [0.3, 0.4) is 0 Å². The zero-order valence-electron chi connectivity index (χ0n) is 15.0. The summed E-state index contributed by atoms with van der Waals surface area (Å²) in [4.78, 5) is 11.7. The van der Waals surface area contributed by atoms with E-state index >= 15 is 0 Å². The van der Waals surface area contributed by atoms with Crippen molar-refractivity contribution in [2.24, 2.45) is 0 Å². The van der Waals surface area contributed by atoms with Gasteiger partial charge in [0.15, 0.2) is 0 Å². The van der Waals surface area contributed by atoms with Gasteiger partial charge in [-0.05, 0) is 43.0 Å². The molecule has 0 atom stereocenters. The molecule has 0 heterocycles. The highest BCUT2D eigenvalue weighted by molar-refractivity contribution is 5.72. The molecule has 128 valence electrons. The summed E-state index contributed by atoms with van der Waals surface area (Å²) in [7, 11) is 0. The number of hydrogen-bond donors (Lipinski definition) is 0. The zero-order chi connectivity index (χ0) is 17.5. The van der Waals surface area contributed by atoms with Crippen LogP contribution in [0.5, 0.6) is 11.5 Å². The second-order valence-electron chi connectivity index (χ2n) is 5.83. The molecule has 0 aromatic heterocycles. The number of benzene rings is 2. The topological polar surface area (TPSA) is 35.5 Å². The van der Waals surface area contributed by atoms with Crippen LogP contribution in [0.1, 0.15) is 49.4 Å². The van der Waals surface area contributed by atoms with Crippen molar-refractivity contribution in [1.82, 2.24) is 0 Å². The minimum atomic E-state index is -0.228. The molecule has 0 aliphatic carbocycles. The molecule has 0 spiro atoms. The lowest BCUT2D eigenvalue weighted by Crippen LogP contribution is -2.10. The third kappa shape index (κ3) is 4.38. The summed E-state index contributed by atoms with van der Waals surface area (Å²) in [5.74, 6) is 1.27. The third-order valence-corrected chi connectivity index (χ3v) is 4.09. The van der Waals surface area contributed by atoms with E-state index in [1.807, 2.05) is 18.2 Å². The Balaban J connectivity index is 2.26. The smallest absolute Gasteiger partial charge is 0.310 e. The number of aryl methyl sites for hydroxylation is 3. The van der Waals surface area contributed by atoms with Crippen molar-refractivity contribution in [3.8, 4) is 11.5 Å². The van der Waals surface area contributed by atoms with E-state index in [9.17, 15) is 4.79 Å². The Labute approximate surface area is 144 Å². The fourth-order valence-electron chi connectivity index (χ4n) is 2.67.